The van der Waals surface area contributed by atoms with E-state index in [4.69, 9.17) is 0 Å². The lowest BCUT2D eigenvalue weighted by atomic mass is 10.0. The fourth-order valence-electron chi connectivity index (χ4n) is 2.86. The van der Waals surface area contributed by atoms with Crippen LogP contribution in [0.25, 0.3) is 22.0 Å². The van der Waals surface area contributed by atoms with Crippen LogP contribution in [0.2, 0.25) is 0 Å². The van der Waals surface area contributed by atoms with Crippen LogP contribution in [0, 0.1) is 18.6 Å². The highest BCUT2D eigenvalue weighted by Gasteiger charge is 2.17. The van der Waals surface area contributed by atoms with Crippen LogP contribution in [0.3, 0.4) is 0 Å². The Bertz CT molecular complexity index is 1170. The lowest BCUT2D eigenvalue weighted by Crippen LogP contribution is -2.13. The summed E-state index contributed by atoms with van der Waals surface area (Å²) in [5.41, 5.74) is 2.27. The molecule has 4 rings (SSSR count). The first-order valence-electron chi connectivity index (χ1n) is 8.19. The number of aromatic amines is 1. The summed E-state index contributed by atoms with van der Waals surface area (Å²) in [6.45, 7) is 1.89. The van der Waals surface area contributed by atoms with Gasteiger partial charge >= 0.3 is 0 Å². The number of amides is 1. The summed E-state index contributed by atoms with van der Waals surface area (Å²) in [4.78, 5) is 16.7. The molecule has 0 unspecified atom stereocenters. The van der Waals surface area contributed by atoms with E-state index < -0.39 is 17.5 Å². The minimum absolute atomic E-state index is 0.116. The number of benzene rings is 2. The standard InChI is InChI=1S/C20H14F2N4O/c1-11-7-8-23-17(9-11)24-20(27)19-14-10-12(5-6-16(14)25-26-19)13-3-2-4-15(21)18(13)22/h2-10H,1H3,(H,25,26)(H,23,24,27). The van der Waals surface area contributed by atoms with Crippen molar-refractivity contribution in [3.05, 3.63) is 77.6 Å². The number of aryl methyl sites for hydroxylation is 1. The Hall–Kier alpha value is -3.61. The van der Waals surface area contributed by atoms with Crippen molar-refractivity contribution in [3.8, 4) is 11.1 Å². The van der Waals surface area contributed by atoms with Gasteiger partial charge in [-0.1, -0.05) is 18.2 Å². The van der Waals surface area contributed by atoms with E-state index in [0.29, 0.717) is 22.3 Å². The minimum Gasteiger partial charge on any atom is -0.305 e. The molecule has 134 valence electrons. The predicted octanol–water partition coefficient (Wildman–Crippen LogP) is 4.46. The number of halogens is 2. The SMILES string of the molecule is Cc1ccnc(NC(=O)c2n[nH]c3ccc(-c4cccc(F)c4F)cc23)c1. The number of carbonyl (C=O) groups excluding carboxylic acids is 1. The molecule has 0 spiro atoms. The Morgan fingerprint density at radius 1 is 1.11 bits per heavy atom. The Morgan fingerprint density at radius 2 is 1.96 bits per heavy atom. The van der Waals surface area contributed by atoms with E-state index in [9.17, 15) is 13.6 Å². The second kappa shape index (κ2) is 6.60. The molecule has 5 nitrogen and oxygen atoms in total. The van der Waals surface area contributed by atoms with Crippen molar-refractivity contribution in [2.45, 2.75) is 6.92 Å². The molecule has 0 radical (unpaired) electrons. The van der Waals surface area contributed by atoms with Gasteiger partial charge in [0.15, 0.2) is 17.3 Å². The molecule has 7 heteroatoms. The molecular weight excluding hydrogens is 350 g/mol. The smallest absolute Gasteiger partial charge is 0.277 e. The number of H-pyrrole nitrogens is 1. The van der Waals surface area contributed by atoms with Gasteiger partial charge in [0.25, 0.3) is 5.91 Å². The van der Waals surface area contributed by atoms with E-state index in [1.165, 1.54) is 12.1 Å². The van der Waals surface area contributed by atoms with Crippen molar-refractivity contribution in [2.24, 2.45) is 0 Å². The Kier molecular flexibility index (Phi) is 4.12. The summed E-state index contributed by atoms with van der Waals surface area (Å²) < 4.78 is 27.6. The van der Waals surface area contributed by atoms with E-state index in [1.54, 1.807) is 30.5 Å². The highest BCUT2D eigenvalue weighted by molar-refractivity contribution is 6.11. The zero-order valence-corrected chi connectivity index (χ0v) is 14.3. The first-order valence-corrected chi connectivity index (χ1v) is 8.19. The molecule has 1 amide bonds. The Balaban J connectivity index is 1.74. The van der Waals surface area contributed by atoms with Crippen LogP contribution >= 0.6 is 0 Å². The Labute approximate surface area is 153 Å². The number of anilines is 1. The van der Waals surface area contributed by atoms with Gasteiger partial charge in [0.2, 0.25) is 0 Å². The summed E-state index contributed by atoms with van der Waals surface area (Å²) in [7, 11) is 0. The van der Waals surface area contributed by atoms with Crippen molar-refractivity contribution in [1.82, 2.24) is 15.2 Å². The molecule has 0 aliphatic heterocycles. The molecule has 0 aliphatic carbocycles. The number of carbonyl (C=O) groups is 1. The van der Waals surface area contributed by atoms with Crippen LogP contribution in [-0.2, 0) is 0 Å². The maximum Gasteiger partial charge on any atom is 0.277 e. The van der Waals surface area contributed by atoms with E-state index >= 15 is 0 Å². The fraction of sp³-hybridized carbons (Fsp3) is 0.0500. The van der Waals surface area contributed by atoms with Crippen molar-refractivity contribution in [1.29, 1.82) is 0 Å². The van der Waals surface area contributed by atoms with Crippen LogP contribution in [0.5, 0.6) is 0 Å². The highest BCUT2D eigenvalue weighted by atomic mass is 19.2. The van der Waals surface area contributed by atoms with Crippen molar-refractivity contribution >= 4 is 22.6 Å². The zero-order chi connectivity index (χ0) is 19.0. The van der Waals surface area contributed by atoms with Crippen LogP contribution in [0.1, 0.15) is 16.1 Å². The zero-order valence-electron chi connectivity index (χ0n) is 14.3. The van der Waals surface area contributed by atoms with Gasteiger partial charge in [-0.3, -0.25) is 9.89 Å². The molecule has 0 atom stereocenters. The van der Waals surface area contributed by atoms with E-state index in [-0.39, 0.29) is 11.3 Å². The van der Waals surface area contributed by atoms with Gasteiger partial charge in [0.1, 0.15) is 5.82 Å². The molecule has 0 saturated heterocycles. The molecule has 4 aromatic rings. The van der Waals surface area contributed by atoms with Crippen LogP contribution < -0.4 is 5.32 Å². The van der Waals surface area contributed by atoms with E-state index in [2.05, 4.69) is 20.5 Å². The number of hydrogen-bond acceptors (Lipinski definition) is 3. The van der Waals surface area contributed by atoms with Crippen molar-refractivity contribution in [3.63, 3.8) is 0 Å². The number of pyridine rings is 1. The van der Waals surface area contributed by atoms with Gasteiger partial charge in [-0.25, -0.2) is 13.8 Å². The molecule has 2 aromatic heterocycles. The molecule has 27 heavy (non-hydrogen) atoms. The predicted molar refractivity (Wildman–Crippen MR) is 98.4 cm³/mol. The van der Waals surface area contributed by atoms with Crippen LogP contribution in [-0.4, -0.2) is 21.1 Å². The van der Waals surface area contributed by atoms with Crippen LogP contribution in [0.15, 0.2) is 54.7 Å². The quantitative estimate of drug-likeness (QED) is 0.564. The van der Waals surface area contributed by atoms with Crippen LogP contribution in [0.4, 0.5) is 14.6 Å². The van der Waals surface area contributed by atoms with Gasteiger partial charge in [0.05, 0.1) is 5.52 Å². The fourth-order valence-corrected chi connectivity index (χ4v) is 2.86. The summed E-state index contributed by atoms with van der Waals surface area (Å²) in [5.74, 6) is -1.90. The maximum atomic E-state index is 14.1. The van der Waals surface area contributed by atoms with E-state index in [0.717, 1.165) is 11.6 Å². The summed E-state index contributed by atoms with van der Waals surface area (Å²) in [6.07, 6.45) is 1.60. The summed E-state index contributed by atoms with van der Waals surface area (Å²) in [6, 6.07) is 12.4. The monoisotopic (exact) mass is 364 g/mol. The largest absolute Gasteiger partial charge is 0.305 e. The molecule has 2 heterocycles. The minimum atomic E-state index is -0.935. The molecule has 0 saturated carbocycles. The molecule has 2 aromatic carbocycles. The molecule has 2 N–H and O–H groups in total. The second-order valence-electron chi connectivity index (χ2n) is 6.11. The third-order valence-corrected chi connectivity index (χ3v) is 4.20. The second-order valence-corrected chi connectivity index (χ2v) is 6.11. The average Bonchev–Trinajstić information content (AvgIpc) is 3.07. The number of aromatic nitrogens is 3. The van der Waals surface area contributed by atoms with Gasteiger partial charge in [0, 0.05) is 17.1 Å². The lowest BCUT2D eigenvalue weighted by molar-refractivity contribution is 0.102. The molecule has 0 bridgehead atoms. The maximum absolute atomic E-state index is 14.1. The summed E-state index contributed by atoms with van der Waals surface area (Å²) in [5, 5.41) is 10.0. The average molecular weight is 364 g/mol. The molecular formula is C20H14F2N4O. The van der Waals surface area contributed by atoms with Gasteiger partial charge in [-0.05, 0) is 48.4 Å². The van der Waals surface area contributed by atoms with Crippen molar-refractivity contribution < 1.29 is 13.6 Å². The lowest BCUT2D eigenvalue weighted by Gasteiger charge is -2.06. The number of hydrogen-bond donors (Lipinski definition) is 2. The number of nitrogens with zero attached hydrogens (tertiary/aromatic N) is 2. The normalized spacial score (nSPS) is 10.9. The molecule has 0 aliphatic rings. The summed E-state index contributed by atoms with van der Waals surface area (Å²) >= 11 is 0. The number of fused-ring (bicyclic) bond motifs is 1. The molecule has 0 fully saturated rings. The highest BCUT2D eigenvalue weighted by Crippen LogP contribution is 2.28. The first-order chi connectivity index (χ1) is 13.0. The number of rotatable bonds is 3. The van der Waals surface area contributed by atoms with Gasteiger partial charge < -0.3 is 5.32 Å². The Morgan fingerprint density at radius 3 is 2.78 bits per heavy atom. The first kappa shape index (κ1) is 16.8. The van der Waals surface area contributed by atoms with Gasteiger partial charge in [-0.15, -0.1) is 0 Å². The topological polar surface area (TPSA) is 70.7 Å². The van der Waals surface area contributed by atoms with Crippen molar-refractivity contribution in [2.75, 3.05) is 5.32 Å². The van der Waals surface area contributed by atoms with Gasteiger partial charge in [-0.2, -0.15) is 5.10 Å². The third-order valence-electron chi connectivity index (χ3n) is 4.20. The number of nitrogens with one attached hydrogen (secondary N) is 2. The third kappa shape index (κ3) is 3.15. The van der Waals surface area contributed by atoms with E-state index in [1.807, 2.05) is 13.0 Å².